The summed E-state index contributed by atoms with van der Waals surface area (Å²) in [6.07, 6.45) is 2.62. The third kappa shape index (κ3) is 3.32. The van der Waals surface area contributed by atoms with E-state index in [1.54, 1.807) is 0 Å². The molecule has 1 amide bonds. The quantitative estimate of drug-likeness (QED) is 0.622. The molecule has 4 nitrogen and oxygen atoms in total. The van der Waals surface area contributed by atoms with Crippen LogP contribution in [0.5, 0.6) is 0 Å². The predicted octanol–water partition coefficient (Wildman–Crippen LogP) is -0.291. The maximum Gasteiger partial charge on any atom is 0.223 e. The van der Waals surface area contributed by atoms with E-state index in [-0.39, 0.29) is 12.0 Å². The summed E-state index contributed by atoms with van der Waals surface area (Å²) in [5.74, 6) is 0.122. The fourth-order valence-corrected chi connectivity index (χ4v) is 1.61. The summed E-state index contributed by atoms with van der Waals surface area (Å²) < 4.78 is 0. The van der Waals surface area contributed by atoms with Gasteiger partial charge in [-0.15, -0.1) is 0 Å². The second kappa shape index (κ2) is 5.19. The second-order valence-electron chi connectivity index (χ2n) is 3.50. The lowest BCUT2D eigenvalue weighted by atomic mass is 10.2. The number of aliphatic hydroxyl groups excluding tert-OH is 1. The highest BCUT2D eigenvalue weighted by molar-refractivity contribution is 5.76. The minimum absolute atomic E-state index is 0.122. The lowest BCUT2D eigenvalue weighted by Crippen LogP contribution is -2.33. The molecule has 4 heteroatoms. The van der Waals surface area contributed by atoms with Crippen LogP contribution in [0.15, 0.2) is 0 Å². The molecule has 1 aliphatic rings. The van der Waals surface area contributed by atoms with E-state index in [2.05, 4.69) is 0 Å². The Balaban J connectivity index is 2.37. The van der Waals surface area contributed by atoms with Crippen LogP contribution in [0.2, 0.25) is 0 Å². The number of nitrogens with zero attached hydrogens (tertiary/aromatic N) is 1. The topological polar surface area (TPSA) is 66.6 Å². The predicted molar refractivity (Wildman–Crippen MR) is 50.1 cm³/mol. The normalized spacial score (nSPS) is 24.2. The summed E-state index contributed by atoms with van der Waals surface area (Å²) >= 11 is 0. The Labute approximate surface area is 78.7 Å². The monoisotopic (exact) mass is 186 g/mol. The SMILES string of the molecule is NCCC(=O)N1CCCC(O)CC1. The van der Waals surface area contributed by atoms with Crippen LogP contribution in [0, 0.1) is 0 Å². The molecular weight excluding hydrogens is 168 g/mol. The number of hydrogen-bond acceptors (Lipinski definition) is 3. The first-order valence-electron chi connectivity index (χ1n) is 4.90. The van der Waals surface area contributed by atoms with Crippen molar-refractivity contribution in [2.45, 2.75) is 31.8 Å². The fourth-order valence-electron chi connectivity index (χ4n) is 1.61. The zero-order valence-corrected chi connectivity index (χ0v) is 7.91. The van der Waals surface area contributed by atoms with Gasteiger partial charge in [-0.2, -0.15) is 0 Å². The van der Waals surface area contributed by atoms with Crippen molar-refractivity contribution in [2.24, 2.45) is 5.73 Å². The van der Waals surface area contributed by atoms with E-state index >= 15 is 0 Å². The van der Waals surface area contributed by atoms with Crippen molar-refractivity contribution in [2.75, 3.05) is 19.6 Å². The van der Waals surface area contributed by atoms with Gasteiger partial charge in [-0.1, -0.05) is 0 Å². The number of hydrogen-bond donors (Lipinski definition) is 2. The molecule has 1 atom stereocenters. The van der Waals surface area contributed by atoms with Gasteiger partial charge < -0.3 is 15.7 Å². The maximum atomic E-state index is 11.4. The fraction of sp³-hybridized carbons (Fsp3) is 0.889. The minimum Gasteiger partial charge on any atom is -0.393 e. The van der Waals surface area contributed by atoms with Crippen LogP contribution in [0.3, 0.4) is 0 Å². The van der Waals surface area contributed by atoms with E-state index in [0.29, 0.717) is 25.9 Å². The Morgan fingerprint density at radius 3 is 2.92 bits per heavy atom. The molecule has 76 valence electrons. The first kappa shape index (κ1) is 10.5. The minimum atomic E-state index is -0.226. The number of likely N-dealkylation sites (tertiary alicyclic amines) is 1. The van der Waals surface area contributed by atoms with Crippen LogP contribution >= 0.6 is 0 Å². The molecular formula is C9H18N2O2. The van der Waals surface area contributed by atoms with E-state index in [4.69, 9.17) is 5.73 Å². The van der Waals surface area contributed by atoms with Gasteiger partial charge in [0.15, 0.2) is 0 Å². The van der Waals surface area contributed by atoms with Gasteiger partial charge in [-0.3, -0.25) is 4.79 Å². The van der Waals surface area contributed by atoms with Crippen LogP contribution in [-0.4, -0.2) is 41.7 Å². The average Bonchev–Trinajstić information content (AvgIpc) is 2.30. The Bertz CT molecular complexity index is 173. The van der Waals surface area contributed by atoms with Crippen LogP contribution in [0.1, 0.15) is 25.7 Å². The Morgan fingerprint density at radius 1 is 1.46 bits per heavy atom. The summed E-state index contributed by atoms with van der Waals surface area (Å²) in [5.41, 5.74) is 5.31. The lowest BCUT2D eigenvalue weighted by molar-refractivity contribution is -0.130. The molecule has 1 aliphatic heterocycles. The second-order valence-corrected chi connectivity index (χ2v) is 3.50. The van der Waals surface area contributed by atoms with Gasteiger partial charge in [-0.25, -0.2) is 0 Å². The molecule has 0 aliphatic carbocycles. The molecule has 0 saturated carbocycles. The van der Waals surface area contributed by atoms with Crippen molar-refractivity contribution in [3.05, 3.63) is 0 Å². The number of carbonyl (C=O) groups excluding carboxylic acids is 1. The largest absolute Gasteiger partial charge is 0.393 e. The number of aliphatic hydroxyl groups is 1. The van der Waals surface area contributed by atoms with Crippen LogP contribution in [0.25, 0.3) is 0 Å². The molecule has 0 aromatic carbocycles. The molecule has 0 spiro atoms. The summed E-state index contributed by atoms with van der Waals surface area (Å²) in [5, 5.41) is 9.36. The van der Waals surface area contributed by atoms with E-state index in [1.807, 2.05) is 4.90 Å². The zero-order chi connectivity index (χ0) is 9.68. The first-order chi connectivity index (χ1) is 6.24. The molecule has 0 aromatic heterocycles. The van der Waals surface area contributed by atoms with Gasteiger partial charge in [0.2, 0.25) is 5.91 Å². The van der Waals surface area contributed by atoms with Crippen molar-refractivity contribution in [3.63, 3.8) is 0 Å². The molecule has 13 heavy (non-hydrogen) atoms. The van der Waals surface area contributed by atoms with Gasteiger partial charge in [0.25, 0.3) is 0 Å². The average molecular weight is 186 g/mol. The van der Waals surface area contributed by atoms with Crippen LogP contribution in [-0.2, 0) is 4.79 Å². The van der Waals surface area contributed by atoms with E-state index in [9.17, 15) is 9.90 Å². The van der Waals surface area contributed by atoms with Crippen molar-refractivity contribution in [1.82, 2.24) is 4.90 Å². The summed E-state index contributed by atoms with van der Waals surface area (Å²) in [6, 6.07) is 0. The van der Waals surface area contributed by atoms with Gasteiger partial charge in [0.1, 0.15) is 0 Å². The molecule has 1 unspecified atom stereocenters. The van der Waals surface area contributed by atoms with Gasteiger partial charge in [0.05, 0.1) is 6.10 Å². The van der Waals surface area contributed by atoms with E-state index in [1.165, 1.54) is 0 Å². The first-order valence-corrected chi connectivity index (χ1v) is 4.90. The molecule has 0 bridgehead atoms. The smallest absolute Gasteiger partial charge is 0.223 e. The van der Waals surface area contributed by atoms with Gasteiger partial charge >= 0.3 is 0 Å². The third-order valence-corrected chi connectivity index (χ3v) is 2.41. The van der Waals surface area contributed by atoms with Gasteiger partial charge in [0, 0.05) is 26.1 Å². The number of nitrogens with two attached hydrogens (primary N) is 1. The Kier molecular flexibility index (Phi) is 4.18. The molecule has 1 rings (SSSR count). The highest BCUT2D eigenvalue weighted by atomic mass is 16.3. The highest BCUT2D eigenvalue weighted by Gasteiger charge is 2.18. The molecule has 1 heterocycles. The molecule has 3 N–H and O–H groups in total. The molecule has 1 fully saturated rings. The van der Waals surface area contributed by atoms with E-state index < -0.39 is 0 Å². The van der Waals surface area contributed by atoms with Crippen molar-refractivity contribution < 1.29 is 9.90 Å². The van der Waals surface area contributed by atoms with E-state index in [0.717, 1.165) is 19.4 Å². The molecule has 0 aromatic rings. The maximum absolute atomic E-state index is 11.4. The molecule has 0 radical (unpaired) electrons. The standard InChI is InChI=1S/C9H18N2O2/c10-5-3-9(13)11-6-1-2-8(12)4-7-11/h8,12H,1-7,10H2. The highest BCUT2D eigenvalue weighted by Crippen LogP contribution is 2.11. The van der Waals surface area contributed by atoms with Crippen molar-refractivity contribution in [3.8, 4) is 0 Å². The number of amides is 1. The molecule has 1 saturated heterocycles. The van der Waals surface area contributed by atoms with Crippen LogP contribution < -0.4 is 5.73 Å². The van der Waals surface area contributed by atoms with Crippen molar-refractivity contribution >= 4 is 5.91 Å². The Morgan fingerprint density at radius 2 is 2.23 bits per heavy atom. The lowest BCUT2D eigenvalue weighted by Gasteiger charge is -2.19. The number of carbonyl (C=O) groups is 1. The summed E-state index contributed by atoms with van der Waals surface area (Å²) in [6.45, 7) is 1.87. The summed E-state index contributed by atoms with van der Waals surface area (Å²) in [4.78, 5) is 13.2. The van der Waals surface area contributed by atoms with Crippen molar-refractivity contribution in [1.29, 1.82) is 0 Å². The van der Waals surface area contributed by atoms with Crippen LogP contribution in [0.4, 0.5) is 0 Å². The third-order valence-electron chi connectivity index (χ3n) is 2.41. The van der Waals surface area contributed by atoms with Gasteiger partial charge in [-0.05, 0) is 19.3 Å². The number of rotatable bonds is 2. The Hall–Kier alpha value is -0.610. The summed E-state index contributed by atoms with van der Waals surface area (Å²) in [7, 11) is 0. The zero-order valence-electron chi connectivity index (χ0n) is 7.91.